The zero-order valence-corrected chi connectivity index (χ0v) is 21.5. The molecule has 0 bridgehead atoms. The first kappa shape index (κ1) is 25.0. The summed E-state index contributed by atoms with van der Waals surface area (Å²) in [6.45, 7) is 2.40. The highest BCUT2D eigenvalue weighted by atomic mass is 32.2. The molecule has 3 atom stereocenters. The van der Waals surface area contributed by atoms with E-state index in [0.717, 1.165) is 17.0 Å². The number of thioether (sulfide) groups is 2. The van der Waals surface area contributed by atoms with Gasteiger partial charge in [0.05, 0.1) is 16.3 Å². The van der Waals surface area contributed by atoms with Crippen molar-refractivity contribution in [2.24, 2.45) is 10.1 Å². The van der Waals surface area contributed by atoms with E-state index in [4.69, 9.17) is 10.6 Å². The molecule has 37 heavy (non-hydrogen) atoms. The van der Waals surface area contributed by atoms with E-state index in [1.165, 1.54) is 29.8 Å². The van der Waals surface area contributed by atoms with Crippen molar-refractivity contribution >= 4 is 58.5 Å². The minimum atomic E-state index is -1.19. The number of nitrogen functional groups attached to an aromatic ring is 1. The predicted molar refractivity (Wildman–Crippen MR) is 139 cm³/mol. The van der Waals surface area contributed by atoms with E-state index in [1.54, 1.807) is 11.8 Å². The first-order chi connectivity index (χ1) is 17.8. The van der Waals surface area contributed by atoms with Crippen molar-refractivity contribution in [1.82, 2.24) is 25.3 Å². The molecule has 0 aliphatic carbocycles. The smallest absolute Gasteiger partial charge is 0.352 e. The zero-order valence-electron chi connectivity index (χ0n) is 19.9. The third-order valence-corrected chi connectivity index (χ3v) is 8.63. The topological polar surface area (TPSA) is 179 Å². The van der Waals surface area contributed by atoms with Gasteiger partial charge in [0, 0.05) is 30.8 Å². The lowest BCUT2D eigenvalue weighted by Crippen LogP contribution is -2.71. The molecule has 0 radical (unpaired) electrons. The molecule has 5 rings (SSSR count). The SMILES string of the molecule is CCC1N=C2C=CN(CC3=C(C(=O)O)N4C(=O)C(NC(=O)/C(=N\OC)c5cc(N)n[nH]5)[C@H]4SC3)C=C2S1. The van der Waals surface area contributed by atoms with Crippen LogP contribution in [0.3, 0.4) is 0 Å². The number of carboxylic acid groups (broad SMARTS) is 1. The Bertz CT molecular complexity index is 1320. The Hall–Kier alpha value is -3.72. The molecule has 0 aromatic carbocycles. The number of hydrogen-bond donors (Lipinski definition) is 4. The highest BCUT2D eigenvalue weighted by molar-refractivity contribution is 8.05. The van der Waals surface area contributed by atoms with Crippen LogP contribution in [0.1, 0.15) is 19.0 Å². The van der Waals surface area contributed by atoms with Crippen LogP contribution in [0.4, 0.5) is 5.82 Å². The molecule has 1 saturated heterocycles. The number of anilines is 1. The zero-order chi connectivity index (χ0) is 26.3. The van der Waals surface area contributed by atoms with Crippen molar-refractivity contribution in [2.75, 3.05) is 25.1 Å². The number of rotatable bonds is 8. The molecule has 2 amide bonds. The lowest BCUT2D eigenvalue weighted by Gasteiger charge is -2.49. The van der Waals surface area contributed by atoms with E-state index in [0.29, 0.717) is 17.9 Å². The van der Waals surface area contributed by atoms with E-state index < -0.39 is 29.2 Å². The number of nitrogens with zero attached hydrogens (tertiary/aromatic N) is 5. The molecule has 194 valence electrons. The summed E-state index contributed by atoms with van der Waals surface area (Å²) in [6.07, 6.45) is 6.67. The van der Waals surface area contributed by atoms with Gasteiger partial charge in [-0.25, -0.2) is 4.79 Å². The second kappa shape index (κ2) is 9.97. The van der Waals surface area contributed by atoms with Crippen LogP contribution in [-0.2, 0) is 19.2 Å². The number of nitrogens with two attached hydrogens (primary N) is 1. The van der Waals surface area contributed by atoms with Crippen molar-refractivity contribution < 1.29 is 24.3 Å². The minimum Gasteiger partial charge on any atom is -0.477 e. The number of carbonyl (C=O) groups excluding carboxylic acids is 2. The number of aromatic nitrogens is 2. The number of aliphatic imine (C=N–C) groups is 1. The van der Waals surface area contributed by atoms with E-state index >= 15 is 0 Å². The number of aliphatic carboxylic acids is 1. The van der Waals surface area contributed by atoms with Crippen molar-refractivity contribution in [1.29, 1.82) is 0 Å². The molecule has 1 fully saturated rings. The van der Waals surface area contributed by atoms with E-state index in [2.05, 4.69) is 32.6 Å². The third kappa shape index (κ3) is 4.59. The number of fused-ring (bicyclic) bond motifs is 2. The fourth-order valence-electron chi connectivity index (χ4n) is 4.30. The summed E-state index contributed by atoms with van der Waals surface area (Å²) in [5.74, 6) is -1.84. The molecular formula is C22H24N8O5S2. The van der Waals surface area contributed by atoms with Gasteiger partial charge in [0.15, 0.2) is 5.71 Å². The fraction of sp³-hybridized carbons (Fsp3) is 0.364. The van der Waals surface area contributed by atoms with Gasteiger partial charge in [-0.05, 0) is 18.1 Å². The number of hydrogen-bond acceptors (Lipinski definition) is 11. The Morgan fingerprint density at radius 2 is 2.24 bits per heavy atom. The average molecular weight is 545 g/mol. The first-order valence-electron chi connectivity index (χ1n) is 11.3. The van der Waals surface area contributed by atoms with Gasteiger partial charge >= 0.3 is 5.97 Å². The highest BCUT2D eigenvalue weighted by Crippen LogP contribution is 2.41. The first-order valence-corrected chi connectivity index (χ1v) is 13.3. The molecule has 1 aromatic heterocycles. The van der Waals surface area contributed by atoms with Crippen LogP contribution in [0.2, 0.25) is 0 Å². The van der Waals surface area contributed by atoms with E-state index in [-0.39, 0.29) is 28.3 Å². The van der Waals surface area contributed by atoms with Crippen LogP contribution in [-0.4, -0.2) is 90.5 Å². The molecule has 13 nitrogen and oxygen atoms in total. The molecular weight excluding hydrogens is 520 g/mol. The quantitative estimate of drug-likeness (QED) is 0.207. The molecule has 4 aliphatic rings. The number of nitrogens with one attached hydrogen (secondary N) is 2. The number of carbonyl (C=O) groups is 3. The Morgan fingerprint density at radius 1 is 1.43 bits per heavy atom. The van der Waals surface area contributed by atoms with Crippen molar-refractivity contribution in [3.63, 3.8) is 0 Å². The average Bonchev–Trinajstić information content (AvgIpc) is 3.50. The number of amides is 2. The van der Waals surface area contributed by atoms with Gasteiger partial charge in [-0.2, -0.15) is 5.10 Å². The molecule has 1 aromatic rings. The van der Waals surface area contributed by atoms with Crippen LogP contribution >= 0.6 is 23.5 Å². The Kier molecular flexibility index (Phi) is 6.72. The maximum absolute atomic E-state index is 13.1. The minimum absolute atomic E-state index is 0.0526. The van der Waals surface area contributed by atoms with Gasteiger partial charge in [0.25, 0.3) is 11.8 Å². The van der Waals surface area contributed by atoms with Crippen molar-refractivity contribution in [3.8, 4) is 0 Å². The number of H-pyrrole nitrogens is 1. The molecule has 0 saturated carbocycles. The molecule has 4 aliphatic heterocycles. The lowest BCUT2D eigenvalue weighted by molar-refractivity contribution is -0.150. The summed E-state index contributed by atoms with van der Waals surface area (Å²) >= 11 is 3.07. The second-order valence-electron chi connectivity index (χ2n) is 8.42. The van der Waals surface area contributed by atoms with Gasteiger partial charge in [-0.3, -0.25) is 24.6 Å². The van der Waals surface area contributed by atoms with Gasteiger partial charge in [-0.1, -0.05) is 23.8 Å². The molecule has 5 N–H and O–H groups in total. The highest BCUT2D eigenvalue weighted by Gasteiger charge is 2.54. The van der Waals surface area contributed by atoms with Crippen molar-refractivity contribution in [2.45, 2.75) is 30.1 Å². The van der Waals surface area contributed by atoms with Gasteiger partial charge in [-0.15, -0.1) is 11.8 Å². The Morgan fingerprint density at radius 3 is 2.92 bits per heavy atom. The fourth-order valence-corrected chi connectivity index (χ4v) is 6.70. The third-order valence-electron chi connectivity index (χ3n) is 6.02. The molecule has 2 unspecified atom stereocenters. The lowest BCUT2D eigenvalue weighted by atomic mass is 10.0. The largest absolute Gasteiger partial charge is 0.477 e. The van der Waals surface area contributed by atoms with Gasteiger partial charge < -0.3 is 25.9 Å². The standard InChI is InChI=1S/C22H24N8O5S2/c1-3-15-24-11-4-5-29(8-13(11)37-15)7-10-9-36-21-17(20(32)30(21)18(10)22(33)34)25-19(31)16(28-35-2)12-6-14(23)27-26-12/h4-6,8,15,17,21H,3,7,9H2,1-2H3,(H,25,31)(H,33,34)(H3,23,26,27)/b28-16-/t15?,17?,21-/m1/s1. The maximum atomic E-state index is 13.1. The maximum Gasteiger partial charge on any atom is 0.352 e. The second-order valence-corrected chi connectivity index (χ2v) is 10.7. The number of carboxylic acids is 1. The summed E-state index contributed by atoms with van der Waals surface area (Å²) in [5.41, 5.74) is 7.17. The summed E-state index contributed by atoms with van der Waals surface area (Å²) < 4.78 is 0. The van der Waals surface area contributed by atoms with Crippen LogP contribution in [0.15, 0.2) is 50.9 Å². The molecule has 15 heteroatoms. The van der Waals surface area contributed by atoms with E-state index in [1.807, 2.05) is 23.4 Å². The number of aromatic amines is 1. The summed E-state index contributed by atoms with van der Waals surface area (Å²) in [6, 6.07) is 0.484. The van der Waals surface area contributed by atoms with Gasteiger partial charge in [0.1, 0.15) is 35.4 Å². The van der Waals surface area contributed by atoms with Crippen molar-refractivity contribution in [3.05, 3.63) is 46.4 Å². The monoisotopic (exact) mass is 544 g/mol. The number of allylic oxidation sites excluding steroid dienone is 2. The number of oxime groups is 1. The summed E-state index contributed by atoms with van der Waals surface area (Å²) in [7, 11) is 1.28. The predicted octanol–water partition coefficient (Wildman–Crippen LogP) is 0.676. The number of β-lactam (4-membered cyclic amide) rings is 1. The van der Waals surface area contributed by atoms with Crippen LogP contribution < -0.4 is 11.1 Å². The van der Waals surface area contributed by atoms with Crippen LogP contribution in [0, 0.1) is 0 Å². The van der Waals surface area contributed by atoms with Crippen LogP contribution in [0.5, 0.6) is 0 Å². The summed E-state index contributed by atoms with van der Waals surface area (Å²) in [4.78, 5) is 51.8. The van der Waals surface area contributed by atoms with Gasteiger partial charge in [0.2, 0.25) is 0 Å². The molecule has 0 spiro atoms. The Balaban J connectivity index is 1.31. The summed E-state index contributed by atoms with van der Waals surface area (Å²) in [5, 5.41) is 22.3. The molecule has 5 heterocycles. The van der Waals surface area contributed by atoms with E-state index in [9.17, 15) is 19.5 Å². The normalized spacial score (nSPS) is 24.8. The van der Waals surface area contributed by atoms with Crippen LogP contribution in [0.25, 0.3) is 0 Å². The Labute approximate surface area is 219 Å².